The maximum absolute atomic E-state index is 12.3. The number of aromatic nitrogens is 1. The number of hydrogen-bond donors (Lipinski definition) is 1. The lowest BCUT2D eigenvalue weighted by Crippen LogP contribution is -2.36. The van der Waals surface area contributed by atoms with Gasteiger partial charge in [0.1, 0.15) is 5.76 Å². The van der Waals surface area contributed by atoms with Crippen molar-refractivity contribution in [2.45, 2.75) is 46.2 Å². The van der Waals surface area contributed by atoms with E-state index in [1.807, 2.05) is 18.7 Å². The second kappa shape index (κ2) is 7.17. The van der Waals surface area contributed by atoms with Crippen molar-refractivity contribution in [1.29, 1.82) is 0 Å². The third kappa shape index (κ3) is 3.84. The Morgan fingerprint density at radius 1 is 1.38 bits per heavy atom. The van der Waals surface area contributed by atoms with Gasteiger partial charge in [0.2, 0.25) is 17.7 Å². The molecule has 2 aromatic rings. The highest BCUT2D eigenvalue weighted by molar-refractivity contribution is 7.10. The zero-order chi connectivity index (χ0) is 17.1. The molecule has 1 aliphatic heterocycles. The van der Waals surface area contributed by atoms with Crippen molar-refractivity contribution < 1.29 is 14.0 Å². The number of thiophene rings is 1. The Labute approximate surface area is 144 Å². The molecule has 128 valence electrons. The second-order valence-corrected chi connectivity index (χ2v) is 6.96. The van der Waals surface area contributed by atoms with E-state index >= 15 is 0 Å². The van der Waals surface area contributed by atoms with Crippen LogP contribution in [0.25, 0.3) is 0 Å². The summed E-state index contributed by atoms with van der Waals surface area (Å²) in [6.07, 6.45) is 1.33. The van der Waals surface area contributed by atoms with Crippen LogP contribution in [0.4, 0.5) is 0 Å². The molecule has 0 unspecified atom stereocenters. The largest absolute Gasteiger partial charge is 0.444 e. The molecule has 0 spiro atoms. The van der Waals surface area contributed by atoms with Gasteiger partial charge in [0, 0.05) is 30.8 Å². The van der Waals surface area contributed by atoms with Crippen molar-refractivity contribution in [2.24, 2.45) is 0 Å². The van der Waals surface area contributed by atoms with Crippen LogP contribution in [0.2, 0.25) is 0 Å². The first-order valence-corrected chi connectivity index (χ1v) is 8.93. The average molecular weight is 347 g/mol. The fourth-order valence-corrected chi connectivity index (χ4v) is 3.61. The van der Waals surface area contributed by atoms with Gasteiger partial charge in [-0.1, -0.05) is 0 Å². The zero-order valence-corrected chi connectivity index (χ0v) is 14.7. The molecule has 0 saturated carbocycles. The first-order valence-electron chi connectivity index (χ1n) is 8.05. The van der Waals surface area contributed by atoms with Gasteiger partial charge in [-0.2, -0.15) is 0 Å². The van der Waals surface area contributed by atoms with Crippen molar-refractivity contribution in [2.75, 3.05) is 6.54 Å². The molecule has 7 heteroatoms. The molecule has 3 heterocycles. The maximum atomic E-state index is 12.3. The van der Waals surface area contributed by atoms with E-state index in [1.165, 1.54) is 10.4 Å². The second-order valence-electron chi connectivity index (χ2n) is 5.96. The van der Waals surface area contributed by atoms with Gasteiger partial charge in [-0.15, -0.1) is 11.3 Å². The van der Waals surface area contributed by atoms with Crippen LogP contribution in [0, 0.1) is 13.8 Å². The van der Waals surface area contributed by atoms with Gasteiger partial charge in [-0.25, -0.2) is 4.98 Å². The van der Waals surface area contributed by atoms with Crippen molar-refractivity contribution in [3.8, 4) is 0 Å². The summed E-state index contributed by atoms with van der Waals surface area (Å²) in [4.78, 5) is 31.6. The van der Waals surface area contributed by atoms with Crippen LogP contribution < -0.4 is 5.32 Å². The van der Waals surface area contributed by atoms with E-state index in [0.29, 0.717) is 12.4 Å². The van der Waals surface area contributed by atoms with Crippen molar-refractivity contribution >= 4 is 23.2 Å². The number of amides is 2. The first kappa shape index (κ1) is 16.7. The third-order valence-corrected chi connectivity index (χ3v) is 5.26. The van der Waals surface area contributed by atoms with Gasteiger partial charge >= 0.3 is 0 Å². The summed E-state index contributed by atoms with van der Waals surface area (Å²) in [5, 5.41) is 4.81. The molecule has 2 aromatic heterocycles. The summed E-state index contributed by atoms with van der Waals surface area (Å²) in [5.41, 5.74) is 2.06. The van der Waals surface area contributed by atoms with Crippen LogP contribution in [0.1, 0.15) is 40.6 Å². The van der Waals surface area contributed by atoms with Gasteiger partial charge in [-0.3, -0.25) is 9.59 Å². The normalized spacial score (nSPS) is 13.7. The number of rotatable bonds is 5. The van der Waals surface area contributed by atoms with Crippen LogP contribution in [0.15, 0.2) is 15.9 Å². The average Bonchev–Trinajstić information content (AvgIpc) is 3.16. The number of carbonyl (C=O) groups is 2. The fourth-order valence-electron chi connectivity index (χ4n) is 2.72. The van der Waals surface area contributed by atoms with Crippen molar-refractivity contribution in [3.05, 3.63) is 39.2 Å². The molecule has 0 radical (unpaired) electrons. The standard InChI is InChI=1S/C17H21N3O3S/c1-11-12(2)23-16(19-11)9-18-15(21)3-4-17(22)20-7-5-14-13(10-20)6-8-24-14/h6,8H,3-5,7,9-10H2,1-2H3,(H,18,21). The van der Waals surface area contributed by atoms with Crippen LogP contribution in [-0.2, 0) is 29.1 Å². The molecule has 0 saturated heterocycles. The number of nitrogens with one attached hydrogen (secondary N) is 1. The fraction of sp³-hybridized carbons (Fsp3) is 0.471. The molecule has 2 amide bonds. The van der Waals surface area contributed by atoms with Crippen LogP contribution in [0.5, 0.6) is 0 Å². The summed E-state index contributed by atoms with van der Waals surface area (Å²) in [5.74, 6) is 1.12. The Morgan fingerprint density at radius 2 is 2.21 bits per heavy atom. The summed E-state index contributed by atoms with van der Waals surface area (Å²) in [7, 11) is 0. The molecule has 6 nitrogen and oxygen atoms in total. The van der Waals surface area contributed by atoms with Gasteiger partial charge in [-0.05, 0) is 37.3 Å². The minimum Gasteiger partial charge on any atom is -0.444 e. The summed E-state index contributed by atoms with van der Waals surface area (Å²) >= 11 is 1.75. The molecular formula is C17H21N3O3S. The minimum absolute atomic E-state index is 0.0322. The highest BCUT2D eigenvalue weighted by Crippen LogP contribution is 2.24. The molecule has 1 aliphatic rings. The number of nitrogens with zero attached hydrogens (tertiary/aromatic N) is 2. The topological polar surface area (TPSA) is 75.4 Å². The number of hydrogen-bond acceptors (Lipinski definition) is 5. The predicted molar refractivity (Wildman–Crippen MR) is 90.5 cm³/mol. The lowest BCUT2D eigenvalue weighted by Gasteiger charge is -2.27. The SMILES string of the molecule is Cc1nc(CNC(=O)CCC(=O)N2CCc3sccc3C2)oc1C. The van der Waals surface area contributed by atoms with Crippen molar-refractivity contribution in [1.82, 2.24) is 15.2 Å². The number of fused-ring (bicyclic) bond motifs is 1. The lowest BCUT2D eigenvalue weighted by atomic mass is 10.1. The van der Waals surface area contributed by atoms with E-state index in [2.05, 4.69) is 21.7 Å². The summed E-state index contributed by atoms with van der Waals surface area (Å²) in [6, 6.07) is 2.08. The van der Waals surface area contributed by atoms with Crippen LogP contribution >= 0.6 is 11.3 Å². The Bertz CT molecular complexity index is 731. The Balaban J connectivity index is 1.42. The quantitative estimate of drug-likeness (QED) is 0.901. The molecular weight excluding hydrogens is 326 g/mol. The monoisotopic (exact) mass is 347 g/mol. The van der Waals surface area contributed by atoms with E-state index < -0.39 is 0 Å². The highest BCUT2D eigenvalue weighted by Gasteiger charge is 2.21. The van der Waals surface area contributed by atoms with E-state index in [1.54, 1.807) is 11.3 Å². The molecule has 0 fully saturated rings. The van der Waals surface area contributed by atoms with E-state index in [4.69, 9.17) is 4.42 Å². The van der Waals surface area contributed by atoms with Gasteiger partial charge in [0.25, 0.3) is 0 Å². The Kier molecular flexibility index (Phi) is 4.99. The Morgan fingerprint density at radius 3 is 2.96 bits per heavy atom. The number of oxazole rings is 1. The Hall–Kier alpha value is -2.15. The van der Waals surface area contributed by atoms with Gasteiger partial charge in [0.05, 0.1) is 12.2 Å². The highest BCUT2D eigenvalue weighted by atomic mass is 32.1. The molecule has 0 aromatic carbocycles. The predicted octanol–water partition coefficient (Wildman–Crippen LogP) is 2.33. The molecule has 3 rings (SSSR count). The molecule has 1 N–H and O–H groups in total. The molecule has 0 atom stereocenters. The van der Waals surface area contributed by atoms with Gasteiger partial charge < -0.3 is 14.6 Å². The molecule has 0 bridgehead atoms. The zero-order valence-electron chi connectivity index (χ0n) is 13.9. The molecule has 24 heavy (non-hydrogen) atoms. The third-order valence-electron chi connectivity index (χ3n) is 4.24. The smallest absolute Gasteiger partial charge is 0.223 e. The molecule has 0 aliphatic carbocycles. The lowest BCUT2D eigenvalue weighted by molar-refractivity contribution is -0.134. The summed E-state index contributed by atoms with van der Waals surface area (Å²) < 4.78 is 5.41. The maximum Gasteiger partial charge on any atom is 0.223 e. The van der Waals surface area contributed by atoms with Crippen LogP contribution in [0.3, 0.4) is 0 Å². The van der Waals surface area contributed by atoms with E-state index in [0.717, 1.165) is 24.4 Å². The van der Waals surface area contributed by atoms with Gasteiger partial charge in [0.15, 0.2) is 0 Å². The number of carbonyl (C=O) groups excluding carboxylic acids is 2. The first-order chi connectivity index (χ1) is 11.5. The minimum atomic E-state index is -0.162. The van der Waals surface area contributed by atoms with E-state index in [-0.39, 0.29) is 31.2 Å². The van der Waals surface area contributed by atoms with E-state index in [9.17, 15) is 9.59 Å². The van der Waals surface area contributed by atoms with Crippen molar-refractivity contribution in [3.63, 3.8) is 0 Å². The van der Waals surface area contributed by atoms with Crippen LogP contribution in [-0.4, -0.2) is 28.2 Å². The summed E-state index contributed by atoms with van der Waals surface area (Å²) in [6.45, 7) is 5.35. The number of aryl methyl sites for hydroxylation is 2.